The molecule has 0 saturated carbocycles. The van der Waals surface area contributed by atoms with E-state index in [-0.39, 0.29) is 11.9 Å². The summed E-state index contributed by atoms with van der Waals surface area (Å²) in [5.74, 6) is 0.135. The fourth-order valence-electron chi connectivity index (χ4n) is 1.30. The van der Waals surface area contributed by atoms with Crippen LogP contribution in [0, 0.1) is 0 Å². The normalized spacial score (nSPS) is 21.4. The first-order chi connectivity index (χ1) is 5.77. The molecule has 0 aliphatic carbocycles. The third-order valence-corrected chi connectivity index (χ3v) is 2.73. The molecule has 1 aromatic rings. The second-order valence-corrected chi connectivity index (χ2v) is 3.70. The highest BCUT2D eigenvalue weighted by molar-refractivity contribution is 9.10. The van der Waals surface area contributed by atoms with Crippen LogP contribution < -0.4 is 5.32 Å². The van der Waals surface area contributed by atoms with Crippen LogP contribution in [0.15, 0.2) is 28.7 Å². The minimum absolute atomic E-state index is 0.135. The predicted molar refractivity (Wildman–Crippen MR) is 49.6 cm³/mol. The lowest BCUT2D eigenvalue weighted by atomic mass is 9.97. The van der Waals surface area contributed by atoms with Crippen molar-refractivity contribution in [1.29, 1.82) is 0 Å². The van der Waals surface area contributed by atoms with Crippen molar-refractivity contribution in [3.63, 3.8) is 0 Å². The lowest BCUT2D eigenvalue weighted by Gasteiger charge is -2.27. The van der Waals surface area contributed by atoms with Gasteiger partial charge in [-0.2, -0.15) is 0 Å². The van der Waals surface area contributed by atoms with Gasteiger partial charge in [0.15, 0.2) is 0 Å². The van der Waals surface area contributed by atoms with Crippen molar-refractivity contribution in [2.45, 2.75) is 12.5 Å². The Morgan fingerprint density at radius 1 is 1.42 bits per heavy atom. The highest BCUT2D eigenvalue weighted by Gasteiger charge is 2.27. The van der Waals surface area contributed by atoms with Gasteiger partial charge in [-0.05, 0) is 11.6 Å². The van der Waals surface area contributed by atoms with Gasteiger partial charge < -0.3 is 5.32 Å². The van der Waals surface area contributed by atoms with Crippen molar-refractivity contribution >= 4 is 21.8 Å². The molecule has 0 bridgehead atoms. The molecule has 1 aromatic carbocycles. The van der Waals surface area contributed by atoms with Crippen LogP contribution in [0.5, 0.6) is 0 Å². The van der Waals surface area contributed by atoms with E-state index < -0.39 is 0 Å². The zero-order valence-electron chi connectivity index (χ0n) is 6.38. The number of hydrogen-bond donors (Lipinski definition) is 1. The van der Waals surface area contributed by atoms with E-state index >= 15 is 0 Å². The molecule has 1 aliphatic rings. The molecule has 1 unspecified atom stereocenters. The molecule has 1 aliphatic heterocycles. The van der Waals surface area contributed by atoms with E-state index in [1.165, 1.54) is 0 Å². The van der Waals surface area contributed by atoms with Crippen LogP contribution in [-0.2, 0) is 4.79 Å². The summed E-state index contributed by atoms with van der Waals surface area (Å²) in [5.41, 5.74) is 1.16. The topological polar surface area (TPSA) is 29.1 Å². The smallest absolute Gasteiger partial charge is 0.222 e. The van der Waals surface area contributed by atoms with Gasteiger partial charge in [-0.15, -0.1) is 0 Å². The number of amides is 1. The molecule has 62 valence electrons. The molecule has 12 heavy (non-hydrogen) atoms. The maximum absolute atomic E-state index is 10.7. The SMILES string of the molecule is O=C1CC(c2ccccc2Br)N1. The number of hydrogen-bond acceptors (Lipinski definition) is 1. The Morgan fingerprint density at radius 2 is 2.08 bits per heavy atom. The molecular formula is C9H8BrNO. The van der Waals surface area contributed by atoms with Gasteiger partial charge in [0.1, 0.15) is 0 Å². The number of halogens is 1. The fourth-order valence-corrected chi connectivity index (χ4v) is 1.87. The molecule has 1 amide bonds. The van der Waals surface area contributed by atoms with Crippen molar-refractivity contribution < 1.29 is 4.79 Å². The Morgan fingerprint density at radius 3 is 2.67 bits per heavy atom. The van der Waals surface area contributed by atoms with Crippen LogP contribution in [0.2, 0.25) is 0 Å². The third-order valence-electron chi connectivity index (χ3n) is 2.01. The molecule has 0 aromatic heterocycles. The molecule has 1 atom stereocenters. The zero-order valence-corrected chi connectivity index (χ0v) is 7.97. The van der Waals surface area contributed by atoms with Crippen LogP contribution in [-0.4, -0.2) is 5.91 Å². The summed E-state index contributed by atoms with van der Waals surface area (Å²) in [5, 5.41) is 2.83. The van der Waals surface area contributed by atoms with Gasteiger partial charge in [0.2, 0.25) is 5.91 Å². The van der Waals surface area contributed by atoms with Crippen LogP contribution in [0.1, 0.15) is 18.0 Å². The number of β-lactam (4-membered cyclic amide) rings is 1. The van der Waals surface area contributed by atoms with Crippen molar-refractivity contribution in [3.05, 3.63) is 34.3 Å². The minimum Gasteiger partial charge on any atom is -0.349 e. The number of rotatable bonds is 1. The standard InChI is InChI=1S/C9H8BrNO/c10-7-4-2-1-3-6(7)8-5-9(12)11-8/h1-4,8H,5H2,(H,11,12). The molecule has 1 heterocycles. The van der Waals surface area contributed by atoms with E-state index in [1.54, 1.807) is 0 Å². The van der Waals surface area contributed by atoms with Crippen LogP contribution >= 0.6 is 15.9 Å². The van der Waals surface area contributed by atoms with E-state index in [4.69, 9.17) is 0 Å². The third kappa shape index (κ3) is 1.25. The van der Waals surface area contributed by atoms with Crippen molar-refractivity contribution in [2.75, 3.05) is 0 Å². The quantitative estimate of drug-likeness (QED) is 0.729. The van der Waals surface area contributed by atoms with Gasteiger partial charge in [0.05, 0.1) is 12.5 Å². The summed E-state index contributed by atoms with van der Waals surface area (Å²) in [4.78, 5) is 10.7. The summed E-state index contributed by atoms with van der Waals surface area (Å²) >= 11 is 3.44. The van der Waals surface area contributed by atoms with Gasteiger partial charge in [-0.3, -0.25) is 4.79 Å². The Labute approximate surface area is 79.1 Å². The summed E-state index contributed by atoms with van der Waals surface area (Å²) in [6.45, 7) is 0. The molecule has 0 spiro atoms. The van der Waals surface area contributed by atoms with Crippen LogP contribution in [0.3, 0.4) is 0 Å². The largest absolute Gasteiger partial charge is 0.349 e. The number of carbonyl (C=O) groups is 1. The molecule has 2 rings (SSSR count). The highest BCUT2D eigenvalue weighted by Crippen LogP contribution is 2.29. The molecule has 2 nitrogen and oxygen atoms in total. The number of carbonyl (C=O) groups excluding carboxylic acids is 1. The fraction of sp³-hybridized carbons (Fsp3) is 0.222. The first-order valence-electron chi connectivity index (χ1n) is 3.81. The van der Waals surface area contributed by atoms with Gasteiger partial charge in [0, 0.05) is 4.47 Å². The van der Waals surface area contributed by atoms with Gasteiger partial charge in [0.25, 0.3) is 0 Å². The molecular weight excluding hydrogens is 218 g/mol. The molecule has 1 N–H and O–H groups in total. The molecule has 0 radical (unpaired) electrons. The Kier molecular flexibility index (Phi) is 1.89. The number of nitrogens with one attached hydrogen (secondary N) is 1. The number of benzene rings is 1. The molecule has 1 saturated heterocycles. The average molecular weight is 226 g/mol. The predicted octanol–water partition coefficient (Wildman–Crippen LogP) is 2.01. The van der Waals surface area contributed by atoms with E-state index in [9.17, 15) is 4.79 Å². The van der Waals surface area contributed by atoms with E-state index in [1.807, 2.05) is 24.3 Å². The van der Waals surface area contributed by atoms with Gasteiger partial charge >= 0.3 is 0 Å². The summed E-state index contributed by atoms with van der Waals surface area (Å²) < 4.78 is 1.06. The van der Waals surface area contributed by atoms with Crippen molar-refractivity contribution in [1.82, 2.24) is 5.32 Å². The average Bonchev–Trinajstić information content (AvgIpc) is 2.01. The lowest BCUT2D eigenvalue weighted by molar-refractivity contribution is -0.128. The lowest BCUT2D eigenvalue weighted by Crippen LogP contribution is -2.41. The molecule has 3 heteroatoms. The van der Waals surface area contributed by atoms with E-state index in [0.29, 0.717) is 6.42 Å². The van der Waals surface area contributed by atoms with E-state index in [0.717, 1.165) is 10.0 Å². The summed E-state index contributed by atoms with van der Waals surface area (Å²) in [7, 11) is 0. The second-order valence-electron chi connectivity index (χ2n) is 2.85. The maximum Gasteiger partial charge on any atom is 0.222 e. The summed E-state index contributed by atoms with van der Waals surface area (Å²) in [6, 6.07) is 8.17. The van der Waals surface area contributed by atoms with Crippen LogP contribution in [0.4, 0.5) is 0 Å². The maximum atomic E-state index is 10.7. The zero-order chi connectivity index (χ0) is 8.55. The monoisotopic (exact) mass is 225 g/mol. The van der Waals surface area contributed by atoms with Crippen molar-refractivity contribution in [3.8, 4) is 0 Å². The first-order valence-corrected chi connectivity index (χ1v) is 4.60. The Balaban J connectivity index is 2.23. The summed E-state index contributed by atoms with van der Waals surface area (Å²) in [6.07, 6.45) is 0.614. The minimum atomic E-state index is 0.135. The van der Waals surface area contributed by atoms with Crippen LogP contribution in [0.25, 0.3) is 0 Å². The van der Waals surface area contributed by atoms with E-state index in [2.05, 4.69) is 21.2 Å². The Bertz CT molecular complexity index is 316. The second kappa shape index (κ2) is 2.90. The Hall–Kier alpha value is -0.830. The van der Waals surface area contributed by atoms with Gasteiger partial charge in [-0.25, -0.2) is 0 Å². The van der Waals surface area contributed by atoms with Gasteiger partial charge in [-0.1, -0.05) is 34.1 Å². The first kappa shape index (κ1) is 7.80. The molecule has 1 fully saturated rings. The van der Waals surface area contributed by atoms with Crippen molar-refractivity contribution in [2.24, 2.45) is 0 Å². The highest BCUT2D eigenvalue weighted by atomic mass is 79.9.